The Morgan fingerprint density at radius 1 is 1.77 bits per heavy atom. The van der Waals surface area contributed by atoms with E-state index in [1.54, 1.807) is 0 Å². The molecule has 0 unspecified atom stereocenters. The minimum atomic E-state index is -0.371. The Kier molecular flexibility index (Phi) is 1.91. The number of hydrogen-bond donors (Lipinski definition) is 1. The molecule has 5 heteroatoms. The van der Waals surface area contributed by atoms with Crippen molar-refractivity contribution >= 4 is 21.8 Å². The van der Waals surface area contributed by atoms with Gasteiger partial charge in [-0.05, 0) is 22.9 Å². The largest absolute Gasteiger partial charge is 0.349 e. The van der Waals surface area contributed by atoms with Gasteiger partial charge in [0.1, 0.15) is 5.69 Å². The van der Waals surface area contributed by atoms with Gasteiger partial charge in [-0.1, -0.05) is 0 Å². The number of carbonyl (C=O) groups is 1. The molecule has 0 aromatic carbocycles. The van der Waals surface area contributed by atoms with Gasteiger partial charge in [-0.15, -0.1) is 0 Å². The normalized spacial score (nSPS) is 21.2. The van der Waals surface area contributed by atoms with Crippen LogP contribution < -0.4 is 5.32 Å². The summed E-state index contributed by atoms with van der Waals surface area (Å²) >= 11 is 3.15. The molecule has 0 fully saturated rings. The first kappa shape index (κ1) is 8.74. The minimum Gasteiger partial charge on any atom is -0.349 e. The summed E-state index contributed by atoms with van der Waals surface area (Å²) in [5.74, 6) is -0.599. The fraction of sp³-hybridized carbons (Fsp3) is 0.375. The van der Waals surface area contributed by atoms with E-state index in [4.69, 9.17) is 0 Å². The van der Waals surface area contributed by atoms with Crippen molar-refractivity contribution in [2.75, 3.05) is 6.54 Å². The molecule has 0 bridgehead atoms. The highest BCUT2D eigenvalue weighted by Gasteiger charge is 2.27. The van der Waals surface area contributed by atoms with Crippen LogP contribution in [-0.2, 0) is 0 Å². The number of amides is 1. The number of fused-ring (bicyclic) bond motifs is 1. The van der Waals surface area contributed by atoms with E-state index in [0.717, 1.165) is 0 Å². The van der Waals surface area contributed by atoms with E-state index in [0.29, 0.717) is 16.7 Å². The van der Waals surface area contributed by atoms with E-state index in [1.807, 2.05) is 6.92 Å². The zero-order valence-corrected chi connectivity index (χ0v) is 8.56. The monoisotopic (exact) mass is 246 g/mol. The molecule has 1 N–H and O–H groups in total. The topological polar surface area (TPSA) is 34.0 Å². The van der Waals surface area contributed by atoms with Gasteiger partial charge in [-0.25, -0.2) is 0 Å². The highest BCUT2D eigenvalue weighted by Crippen LogP contribution is 2.26. The maximum atomic E-state index is 13.3. The molecular weight excluding hydrogens is 239 g/mol. The summed E-state index contributed by atoms with van der Waals surface area (Å²) in [5, 5.41) is 2.69. The van der Waals surface area contributed by atoms with E-state index in [9.17, 15) is 9.18 Å². The Morgan fingerprint density at radius 3 is 3.08 bits per heavy atom. The smallest absolute Gasteiger partial charge is 0.269 e. The summed E-state index contributed by atoms with van der Waals surface area (Å²) in [6, 6.07) is 1.29. The Bertz CT molecular complexity index is 374. The van der Waals surface area contributed by atoms with Crippen LogP contribution in [0.4, 0.5) is 4.39 Å². The van der Waals surface area contributed by atoms with Crippen molar-refractivity contribution in [3.05, 3.63) is 22.2 Å². The van der Waals surface area contributed by atoms with E-state index in [-0.39, 0.29) is 17.9 Å². The van der Waals surface area contributed by atoms with E-state index in [1.165, 1.54) is 10.6 Å². The van der Waals surface area contributed by atoms with Crippen LogP contribution in [0, 0.1) is 5.95 Å². The summed E-state index contributed by atoms with van der Waals surface area (Å²) in [6.07, 6.45) is 0. The third-order valence-electron chi connectivity index (χ3n) is 2.16. The quantitative estimate of drug-likeness (QED) is 0.743. The van der Waals surface area contributed by atoms with Crippen LogP contribution in [-0.4, -0.2) is 17.0 Å². The average Bonchev–Trinajstić information content (AvgIpc) is 2.36. The number of rotatable bonds is 0. The van der Waals surface area contributed by atoms with E-state index < -0.39 is 0 Å². The van der Waals surface area contributed by atoms with Crippen molar-refractivity contribution in [1.82, 2.24) is 9.88 Å². The molecule has 2 rings (SSSR count). The lowest BCUT2D eigenvalue weighted by Crippen LogP contribution is -2.38. The van der Waals surface area contributed by atoms with Crippen LogP contribution in [0.2, 0.25) is 0 Å². The summed E-state index contributed by atoms with van der Waals surface area (Å²) in [6.45, 7) is 2.34. The van der Waals surface area contributed by atoms with Crippen LogP contribution in [0.15, 0.2) is 10.5 Å². The molecule has 0 aliphatic carbocycles. The number of halogens is 2. The molecular formula is C8H8BrFN2O. The predicted molar refractivity (Wildman–Crippen MR) is 49.1 cm³/mol. The summed E-state index contributed by atoms with van der Waals surface area (Å²) in [4.78, 5) is 11.3. The molecule has 1 atom stereocenters. The molecule has 1 aliphatic heterocycles. The average molecular weight is 247 g/mol. The van der Waals surface area contributed by atoms with Gasteiger partial charge in [0, 0.05) is 12.6 Å². The Labute approximate surface area is 83.0 Å². The molecule has 2 heterocycles. The Balaban J connectivity index is 2.65. The van der Waals surface area contributed by atoms with Gasteiger partial charge < -0.3 is 9.88 Å². The molecule has 1 aromatic rings. The molecule has 0 saturated heterocycles. The summed E-state index contributed by atoms with van der Waals surface area (Å²) in [7, 11) is 0. The van der Waals surface area contributed by atoms with Crippen molar-refractivity contribution in [3.63, 3.8) is 0 Å². The van der Waals surface area contributed by atoms with Crippen molar-refractivity contribution in [3.8, 4) is 0 Å². The van der Waals surface area contributed by atoms with Crippen LogP contribution in [0.3, 0.4) is 0 Å². The number of aromatic nitrogens is 1. The lowest BCUT2D eigenvalue weighted by Gasteiger charge is -2.23. The number of nitrogens with one attached hydrogen (secondary N) is 1. The summed E-state index contributed by atoms with van der Waals surface area (Å²) < 4.78 is 15.2. The molecule has 0 radical (unpaired) electrons. The molecule has 0 spiro atoms. The zero-order chi connectivity index (χ0) is 9.59. The highest BCUT2D eigenvalue weighted by molar-refractivity contribution is 9.10. The molecule has 1 aromatic heterocycles. The van der Waals surface area contributed by atoms with Gasteiger partial charge in [0.2, 0.25) is 0 Å². The van der Waals surface area contributed by atoms with Crippen molar-refractivity contribution < 1.29 is 9.18 Å². The van der Waals surface area contributed by atoms with Crippen LogP contribution in [0.5, 0.6) is 0 Å². The fourth-order valence-corrected chi connectivity index (χ4v) is 2.09. The highest BCUT2D eigenvalue weighted by atomic mass is 79.9. The first-order valence-corrected chi connectivity index (χ1v) is 4.75. The van der Waals surface area contributed by atoms with Crippen molar-refractivity contribution in [2.45, 2.75) is 13.0 Å². The second-order valence-electron chi connectivity index (χ2n) is 3.09. The number of nitrogens with zero attached hydrogens (tertiary/aromatic N) is 1. The molecule has 70 valence electrons. The van der Waals surface area contributed by atoms with Gasteiger partial charge >= 0.3 is 0 Å². The molecule has 0 saturated carbocycles. The summed E-state index contributed by atoms with van der Waals surface area (Å²) in [5.41, 5.74) is 0.372. The first-order chi connectivity index (χ1) is 6.11. The first-order valence-electron chi connectivity index (χ1n) is 3.95. The Hall–Kier alpha value is -0.840. The predicted octanol–water partition coefficient (Wildman–Crippen LogP) is 1.69. The van der Waals surface area contributed by atoms with Gasteiger partial charge in [0.25, 0.3) is 5.91 Å². The molecule has 1 aliphatic rings. The van der Waals surface area contributed by atoms with Crippen molar-refractivity contribution in [2.24, 2.45) is 0 Å². The third kappa shape index (κ3) is 1.18. The standard InChI is InChI=1S/C8H8BrFN2O/c1-4-3-11-8(13)7-5(9)2-6(10)12(4)7/h2,4H,3H2,1H3,(H,11,13)/t4-/m0/s1. The lowest BCUT2D eigenvalue weighted by molar-refractivity contribution is 0.0912. The maximum absolute atomic E-state index is 13.3. The van der Waals surface area contributed by atoms with E-state index in [2.05, 4.69) is 21.2 Å². The maximum Gasteiger partial charge on any atom is 0.269 e. The molecule has 1 amide bonds. The number of hydrogen-bond acceptors (Lipinski definition) is 1. The van der Waals surface area contributed by atoms with E-state index >= 15 is 0 Å². The zero-order valence-electron chi connectivity index (χ0n) is 6.97. The molecule has 13 heavy (non-hydrogen) atoms. The SMILES string of the molecule is C[C@H]1CNC(=O)c2c(Br)cc(F)n21. The van der Waals surface area contributed by atoms with Gasteiger partial charge in [-0.3, -0.25) is 4.79 Å². The second-order valence-corrected chi connectivity index (χ2v) is 3.95. The third-order valence-corrected chi connectivity index (χ3v) is 2.76. The van der Waals surface area contributed by atoms with Gasteiger partial charge in [-0.2, -0.15) is 4.39 Å². The van der Waals surface area contributed by atoms with Crippen LogP contribution in [0.1, 0.15) is 23.5 Å². The second kappa shape index (κ2) is 2.83. The van der Waals surface area contributed by atoms with Crippen LogP contribution in [0.25, 0.3) is 0 Å². The van der Waals surface area contributed by atoms with Crippen LogP contribution >= 0.6 is 15.9 Å². The minimum absolute atomic E-state index is 0.0287. The van der Waals surface area contributed by atoms with Crippen molar-refractivity contribution in [1.29, 1.82) is 0 Å². The molecule has 3 nitrogen and oxygen atoms in total. The fourth-order valence-electron chi connectivity index (χ4n) is 1.53. The Morgan fingerprint density at radius 2 is 2.46 bits per heavy atom. The van der Waals surface area contributed by atoms with Gasteiger partial charge in [0.15, 0.2) is 5.95 Å². The number of carbonyl (C=O) groups excluding carboxylic acids is 1. The lowest BCUT2D eigenvalue weighted by atomic mass is 10.2. The van der Waals surface area contributed by atoms with Gasteiger partial charge in [0.05, 0.1) is 10.5 Å².